The van der Waals surface area contributed by atoms with Crippen molar-refractivity contribution in [1.29, 1.82) is 0 Å². The lowest BCUT2D eigenvalue weighted by molar-refractivity contribution is -0.122. The van der Waals surface area contributed by atoms with Gasteiger partial charge >= 0.3 is 0 Å². The summed E-state index contributed by atoms with van der Waals surface area (Å²) in [4.78, 5) is 39.2. The zero-order valence-electron chi connectivity index (χ0n) is 17.2. The molecule has 3 atom stereocenters. The maximum Gasteiger partial charge on any atom is 0.237 e. The summed E-state index contributed by atoms with van der Waals surface area (Å²) in [7, 11) is 1.57. The van der Waals surface area contributed by atoms with E-state index in [2.05, 4.69) is 6.92 Å². The van der Waals surface area contributed by atoms with E-state index >= 15 is 0 Å². The summed E-state index contributed by atoms with van der Waals surface area (Å²) >= 11 is 0. The number of rotatable bonds is 6. The van der Waals surface area contributed by atoms with Crippen molar-refractivity contribution >= 4 is 23.3 Å². The Morgan fingerprint density at radius 1 is 0.933 bits per heavy atom. The smallest absolute Gasteiger partial charge is 0.237 e. The standard InChI is InChI=1S/C24H25NO5/c1-15-3-12-20-21(13-15)24(28)25(23(20)27)17-6-10-19(11-7-17)30-14-22(26)16-4-8-18(29-2)9-5-16/h4-11,15,20-21H,3,12-14H2,1-2H3/t15-,20+,21-/m0/s1. The predicted molar refractivity (Wildman–Crippen MR) is 112 cm³/mol. The maximum absolute atomic E-state index is 12.8. The Morgan fingerprint density at radius 3 is 2.23 bits per heavy atom. The van der Waals surface area contributed by atoms with Crippen LogP contribution in [0.3, 0.4) is 0 Å². The van der Waals surface area contributed by atoms with Gasteiger partial charge in [-0.25, -0.2) is 0 Å². The van der Waals surface area contributed by atoms with E-state index in [4.69, 9.17) is 9.47 Å². The van der Waals surface area contributed by atoms with E-state index in [9.17, 15) is 14.4 Å². The van der Waals surface area contributed by atoms with E-state index in [0.717, 1.165) is 19.3 Å². The van der Waals surface area contributed by atoms with Crippen LogP contribution in [0.25, 0.3) is 0 Å². The molecule has 4 rings (SSSR count). The number of nitrogens with zero attached hydrogens (tertiary/aromatic N) is 1. The molecule has 2 aliphatic rings. The Labute approximate surface area is 175 Å². The number of carbonyl (C=O) groups excluding carboxylic acids is 3. The Balaban J connectivity index is 1.40. The molecule has 1 aliphatic heterocycles. The summed E-state index contributed by atoms with van der Waals surface area (Å²) in [6.07, 6.45) is 2.55. The van der Waals surface area contributed by atoms with E-state index in [-0.39, 0.29) is 36.0 Å². The fourth-order valence-corrected chi connectivity index (χ4v) is 4.34. The highest BCUT2D eigenvalue weighted by atomic mass is 16.5. The molecule has 1 aliphatic carbocycles. The van der Waals surface area contributed by atoms with Gasteiger partial charge in [-0.1, -0.05) is 6.92 Å². The first kappa shape index (κ1) is 20.1. The van der Waals surface area contributed by atoms with Gasteiger partial charge in [0.05, 0.1) is 24.6 Å². The maximum atomic E-state index is 12.8. The van der Waals surface area contributed by atoms with E-state index in [1.54, 1.807) is 55.6 Å². The van der Waals surface area contributed by atoms with Crippen LogP contribution in [-0.4, -0.2) is 31.3 Å². The van der Waals surface area contributed by atoms with Crippen LogP contribution < -0.4 is 14.4 Å². The molecule has 0 N–H and O–H groups in total. The summed E-state index contributed by atoms with van der Waals surface area (Å²) in [6, 6.07) is 13.6. The molecule has 1 saturated heterocycles. The van der Waals surface area contributed by atoms with Crippen LogP contribution in [-0.2, 0) is 9.59 Å². The minimum atomic E-state index is -0.195. The monoisotopic (exact) mass is 407 g/mol. The molecule has 30 heavy (non-hydrogen) atoms. The van der Waals surface area contributed by atoms with Crippen molar-refractivity contribution in [2.24, 2.45) is 17.8 Å². The summed E-state index contributed by atoms with van der Waals surface area (Å²) < 4.78 is 10.7. The minimum Gasteiger partial charge on any atom is -0.497 e. The number of anilines is 1. The number of Topliss-reactive ketones (excluding diaryl/α,β-unsaturated/α-hetero) is 1. The second kappa shape index (κ2) is 8.30. The molecule has 2 aromatic rings. The van der Waals surface area contributed by atoms with Gasteiger partial charge in [-0.15, -0.1) is 0 Å². The highest BCUT2D eigenvalue weighted by Gasteiger charge is 2.49. The average molecular weight is 407 g/mol. The molecular weight excluding hydrogens is 382 g/mol. The third kappa shape index (κ3) is 3.82. The molecule has 0 aromatic heterocycles. The van der Waals surface area contributed by atoms with E-state index in [0.29, 0.717) is 28.7 Å². The fourth-order valence-electron chi connectivity index (χ4n) is 4.34. The lowest BCUT2D eigenvalue weighted by Crippen LogP contribution is -2.30. The first-order chi connectivity index (χ1) is 14.5. The SMILES string of the molecule is COc1ccc(C(=O)COc2ccc(N3C(=O)[C@H]4C[C@@H](C)CC[C@H]4C3=O)cc2)cc1. The Kier molecular flexibility index (Phi) is 5.57. The van der Waals surface area contributed by atoms with E-state index < -0.39 is 0 Å². The topological polar surface area (TPSA) is 72.9 Å². The molecule has 1 saturated carbocycles. The Bertz CT molecular complexity index is 951. The molecule has 156 valence electrons. The molecule has 2 aromatic carbocycles. The van der Waals surface area contributed by atoms with Gasteiger partial charge in [-0.3, -0.25) is 19.3 Å². The highest BCUT2D eigenvalue weighted by Crippen LogP contribution is 2.42. The largest absolute Gasteiger partial charge is 0.497 e. The third-order valence-electron chi connectivity index (χ3n) is 6.06. The van der Waals surface area contributed by atoms with Crippen LogP contribution in [0, 0.1) is 17.8 Å². The first-order valence-corrected chi connectivity index (χ1v) is 10.3. The number of methoxy groups -OCH3 is 1. The van der Waals surface area contributed by atoms with Crippen molar-refractivity contribution in [2.75, 3.05) is 18.6 Å². The van der Waals surface area contributed by atoms with Crippen LogP contribution >= 0.6 is 0 Å². The Hall–Kier alpha value is -3.15. The van der Waals surface area contributed by atoms with Crippen LogP contribution in [0.4, 0.5) is 5.69 Å². The summed E-state index contributed by atoms with van der Waals surface area (Å²) in [5.74, 6) is 0.937. The molecule has 2 amide bonds. The first-order valence-electron chi connectivity index (χ1n) is 10.3. The molecule has 1 heterocycles. The summed E-state index contributed by atoms with van der Waals surface area (Å²) in [6.45, 7) is 2.03. The molecule has 6 nitrogen and oxygen atoms in total. The van der Waals surface area contributed by atoms with Gasteiger partial charge in [0.2, 0.25) is 11.8 Å². The van der Waals surface area contributed by atoms with Crippen LogP contribution in [0.1, 0.15) is 36.5 Å². The number of carbonyl (C=O) groups is 3. The van der Waals surface area contributed by atoms with Gasteiger partial charge in [0.25, 0.3) is 0 Å². The van der Waals surface area contributed by atoms with Gasteiger partial charge in [0.15, 0.2) is 12.4 Å². The lowest BCUT2D eigenvalue weighted by Gasteiger charge is -2.25. The minimum absolute atomic E-state index is 0.0970. The molecule has 0 spiro atoms. The van der Waals surface area contributed by atoms with Crippen molar-refractivity contribution in [1.82, 2.24) is 0 Å². The third-order valence-corrected chi connectivity index (χ3v) is 6.06. The van der Waals surface area contributed by atoms with Crippen LogP contribution in [0.2, 0.25) is 0 Å². The zero-order valence-corrected chi connectivity index (χ0v) is 17.2. The predicted octanol–water partition coefficient (Wildman–Crippen LogP) is 3.88. The van der Waals surface area contributed by atoms with Crippen molar-refractivity contribution in [2.45, 2.75) is 26.2 Å². The second-order valence-electron chi connectivity index (χ2n) is 8.08. The van der Waals surface area contributed by atoms with Crippen LogP contribution in [0.5, 0.6) is 11.5 Å². The van der Waals surface area contributed by atoms with Gasteiger partial charge in [0, 0.05) is 5.56 Å². The molecule has 6 heteroatoms. The van der Waals surface area contributed by atoms with Crippen molar-refractivity contribution in [3.8, 4) is 11.5 Å². The Morgan fingerprint density at radius 2 is 1.57 bits per heavy atom. The number of ether oxygens (including phenoxy) is 2. The number of fused-ring (bicyclic) bond motifs is 1. The van der Waals surface area contributed by atoms with Crippen molar-refractivity contribution in [3.05, 3.63) is 54.1 Å². The fraction of sp³-hybridized carbons (Fsp3) is 0.375. The van der Waals surface area contributed by atoms with Crippen molar-refractivity contribution < 1.29 is 23.9 Å². The summed E-state index contributed by atoms with van der Waals surface area (Å²) in [5, 5.41) is 0. The number of amides is 2. The van der Waals surface area contributed by atoms with Gasteiger partial charge in [-0.05, 0) is 73.7 Å². The second-order valence-corrected chi connectivity index (χ2v) is 8.08. The van der Waals surface area contributed by atoms with Crippen LogP contribution in [0.15, 0.2) is 48.5 Å². The number of imide groups is 1. The zero-order chi connectivity index (χ0) is 21.3. The van der Waals surface area contributed by atoms with Gasteiger partial charge < -0.3 is 9.47 Å². The number of hydrogen-bond donors (Lipinski definition) is 0. The molecule has 0 radical (unpaired) electrons. The molecule has 0 bridgehead atoms. The average Bonchev–Trinajstić information content (AvgIpc) is 3.02. The van der Waals surface area contributed by atoms with E-state index in [1.165, 1.54) is 4.90 Å². The molecule has 0 unspecified atom stereocenters. The van der Waals surface area contributed by atoms with Crippen molar-refractivity contribution in [3.63, 3.8) is 0 Å². The summed E-state index contributed by atoms with van der Waals surface area (Å²) in [5.41, 5.74) is 1.10. The lowest BCUT2D eigenvalue weighted by atomic mass is 9.76. The quantitative estimate of drug-likeness (QED) is 0.537. The number of benzene rings is 2. The molecular formula is C24H25NO5. The van der Waals surface area contributed by atoms with Gasteiger partial charge in [-0.2, -0.15) is 0 Å². The molecule has 2 fully saturated rings. The number of hydrogen-bond acceptors (Lipinski definition) is 5. The van der Waals surface area contributed by atoms with E-state index in [1.807, 2.05) is 0 Å². The highest BCUT2D eigenvalue weighted by molar-refractivity contribution is 6.22. The number of ketones is 1. The van der Waals surface area contributed by atoms with Gasteiger partial charge in [0.1, 0.15) is 11.5 Å². The normalized spacial score (nSPS) is 23.3.